The number of nitrogens with zero attached hydrogens (tertiary/aromatic N) is 2. The molecule has 0 fully saturated rings. The van der Waals surface area contributed by atoms with E-state index < -0.39 is 0 Å². The van der Waals surface area contributed by atoms with Crippen molar-refractivity contribution in [1.29, 1.82) is 0 Å². The predicted octanol–water partition coefficient (Wildman–Crippen LogP) is 0.515. The number of carbonyl (C=O) groups is 1. The molecule has 0 saturated carbocycles. The first kappa shape index (κ1) is 12.7. The Morgan fingerprint density at radius 3 is 2.81 bits per heavy atom. The molecule has 16 heavy (non-hydrogen) atoms. The van der Waals surface area contributed by atoms with Gasteiger partial charge in [-0.25, -0.2) is 0 Å². The minimum absolute atomic E-state index is 0.130. The van der Waals surface area contributed by atoms with Crippen molar-refractivity contribution in [1.82, 2.24) is 15.1 Å². The van der Waals surface area contributed by atoms with Crippen LogP contribution in [0.25, 0.3) is 0 Å². The Morgan fingerprint density at radius 1 is 1.50 bits per heavy atom. The maximum absolute atomic E-state index is 10.7. The summed E-state index contributed by atoms with van der Waals surface area (Å²) in [5, 5.41) is 7.46. The summed E-state index contributed by atoms with van der Waals surface area (Å²) in [7, 11) is 0. The molecular formula is C11H20N4O. The fraction of sp³-hybridized carbons (Fsp3) is 0.636. The summed E-state index contributed by atoms with van der Waals surface area (Å²) in [6.45, 7) is 4.95. The van der Waals surface area contributed by atoms with Crippen LogP contribution in [0.3, 0.4) is 0 Å². The van der Waals surface area contributed by atoms with Gasteiger partial charge in [-0.1, -0.05) is 0 Å². The second kappa shape index (κ2) is 6.27. The molecule has 2 atom stereocenters. The minimum Gasteiger partial charge on any atom is -0.370 e. The molecule has 0 aliphatic heterocycles. The van der Waals surface area contributed by atoms with Gasteiger partial charge in [0.25, 0.3) is 0 Å². The number of aryl methyl sites for hydroxylation is 1. The van der Waals surface area contributed by atoms with Crippen molar-refractivity contribution in [3.05, 3.63) is 18.5 Å². The average molecular weight is 224 g/mol. The fourth-order valence-corrected chi connectivity index (χ4v) is 1.69. The molecule has 90 valence electrons. The highest BCUT2D eigenvalue weighted by Crippen LogP contribution is 1.99. The molecule has 5 heteroatoms. The van der Waals surface area contributed by atoms with E-state index in [2.05, 4.69) is 17.3 Å². The first-order valence-corrected chi connectivity index (χ1v) is 5.59. The van der Waals surface area contributed by atoms with E-state index in [-0.39, 0.29) is 11.9 Å². The number of aromatic nitrogens is 2. The highest BCUT2D eigenvalue weighted by atomic mass is 16.1. The third-order valence-electron chi connectivity index (χ3n) is 2.43. The summed E-state index contributed by atoms with van der Waals surface area (Å²) in [4.78, 5) is 10.7. The van der Waals surface area contributed by atoms with E-state index in [4.69, 9.17) is 5.73 Å². The van der Waals surface area contributed by atoms with Gasteiger partial charge in [-0.3, -0.25) is 9.48 Å². The number of rotatable bonds is 7. The van der Waals surface area contributed by atoms with Crippen LogP contribution in [-0.4, -0.2) is 27.8 Å². The van der Waals surface area contributed by atoms with E-state index in [1.807, 2.05) is 23.9 Å². The lowest BCUT2D eigenvalue weighted by Crippen LogP contribution is -2.37. The molecule has 0 radical (unpaired) electrons. The van der Waals surface area contributed by atoms with Crippen LogP contribution < -0.4 is 11.1 Å². The van der Waals surface area contributed by atoms with Gasteiger partial charge in [0.1, 0.15) is 0 Å². The van der Waals surface area contributed by atoms with Crippen molar-refractivity contribution in [2.75, 3.05) is 0 Å². The smallest absolute Gasteiger partial charge is 0.218 e. The first-order chi connectivity index (χ1) is 7.58. The zero-order chi connectivity index (χ0) is 12.0. The van der Waals surface area contributed by atoms with Gasteiger partial charge in [0, 0.05) is 37.4 Å². The van der Waals surface area contributed by atoms with Gasteiger partial charge in [-0.2, -0.15) is 5.10 Å². The molecule has 5 nitrogen and oxygen atoms in total. The molecule has 0 aliphatic rings. The Hall–Kier alpha value is -1.36. The number of hydrogen-bond donors (Lipinski definition) is 2. The molecule has 1 heterocycles. The van der Waals surface area contributed by atoms with Gasteiger partial charge in [0.15, 0.2) is 0 Å². The summed E-state index contributed by atoms with van der Waals surface area (Å²) in [6, 6.07) is 2.39. The Kier molecular flexibility index (Phi) is 4.98. The SMILES string of the molecule is CC(CCn1cccn1)NC(C)CC(N)=O. The zero-order valence-corrected chi connectivity index (χ0v) is 9.89. The van der Waals surface area contributed by atoms with Gasteiger partial charge >= 0.3 is 0 Å². The van der Waals surface area contributed by atoms with E-state index in [1.165, 1.54) is 0 Å². The second-order valence-corrected chi connectivity index (χ2v) is 4.20. The van der Waals surface area contributed by atoms with E-state index >= 15 is 0 Å². The van der Waals surface area contributed by atoms with Gasteiger partial charge in [-0.05, 0) is 26.3 Å². The Labute approximate surface area is 96.0 Å². The Balaban J connectivity index is 2.20. The Morgan fingerprint density at radius 2 is 2.25 bits per heavy atom. The van der Waals surface area contributed by atoms with Crippen molar-refractivity contribution >= 4 is 5.91 Å². The van der Waals surface area contributed by atoms with Crippen LogP contribution in [0.15, 0.2) is 18.5 Å². The average Bonchev–Trinajstić information content (AvgIpc) is 2.65. The molecule has 0 aromatic carbocycles. The highest BCUT2D eigenvalue weighted by molar-refractivity contribution is 5.74. The van der Waals surface area contributed by atoms with E-state index in [0.717, 1.165) is 13.0 Å². The van der Waals surface area contributed by atoms with Gasteiger partial charge in [0.05, 0.1) is 0 Å². The van der Waals surface area contributed by atoms with Crippen molar-refractivity contribution in [3.63, 3.8) is 0 Å². The molecule has 1 rings (SSSR count). The van der Waals surface area contributed by atoms with E-state index in [1.54, 1.807) is 6.20 Å². The fourth-order valence-electron chi connectivity index (χ4n) is 1.69. The van der Waals surface area contributed by atoms with Crippen molar-refractivity contribution < 1.29 is 4.79 Å². The van der Waals surface area contributed by atoms with Crippen LogP contribution >= 0.6 is 0 Å². The number of hydrogen-bond acceptors (Lipinski definition) is 3. The second-order valence-electron chi connectivity index (χ2n) is 4.20. The van der Waals surface area contributed by atoms with Crippen molar-refractivity contribution in [3.8, 4) is 0 Å². The number of nitrogens with one attached hydrogen (secondary N) is 1. The third-order valence-corrected chi connectivity index (χ3v) is 2.43. The summed E-state index contributed by atoms with van der Waals surface area (Å²) in [5.41, 5.74) is 5.13. The monoisotopic (exact) mass is 224 g/mol. The molecule has 1 aromatic rings. The number of nitrogens with two attached hydrogens (primary N) is 1. The van der Waals surface area contributed by atoms with Gasteiger partial charge in [-0.15, -0.1) is 0 Å². The molecule has 3 N–H and O–H groups in total. The van der Waals surface area contributed by atoms with Gasteiger partial charge < -0.3 is 11.1 Å². The van der Waals surface area contributed by atoms with Crippen LogP contribution in [0.4, 0.5) is 0 Å². The molecule has 2 unspecified atom stereocenters. The molecule has 1 amide bonds. The van der Waals surface area contributed by atoms with Crippen molar-refractivity contribution in [2.24, 2.45) is 5.73 Å². The molecule has 0 bridgehead atoms. The Bertz CT molecular complexity index is 310. The quantitative estimate of drug-likeness (QED) is 0.709. The standard InChI is InChI=1S/C11H20N4O/c1-9(14-10(2)8-11(12)16)4-7-15-6-3-5-13-15/h3,5-6,9-10,14H,4,7-8H2,1-2H3,(H2,12,16). The molecular weight excluding hydrogens is 204 g/mol. The maximum Gasteiger partial charge on any atom is 0.218 e. The lowest BCUT2D eigenvalue weighted by Gasteiger charge is -2.18. The zero-order valence-electron chi connectivity index (χ0n) is 9.89. The number of carbonyl (C=O) groups excluding carboxylic acids is 1. The number of primary amides is 1. The normalized spacial score (nSPS) is 14.6. The first-order valence-electron chi connectivity index (χ1n) is 5.59. The van der Waals surface area contributed by atoms with E-state index in [9.17, 15) is 4.79 Å². The maximum atomic E-state index is 10.7. The summed E-state index contributed by atoms with van der Waals surface area (Å²) < 4.78 is 1.90. The van der Waals surface area contributed by atoms with Crippen LogP contribution in [-0.2, 0) is 11.3 Å². The van der Waals surface area contributed by atoms with Crippen molar-refractivity contribution in [2.45, 2.75) is 45.3 Å². The summed E-state index contributed by atoms with van der Waals surface area (Å²) in [6.07, 6.45) is 5.07. The lowest BCUT2D eigenvalue weighted by atomic mass is 10.1. The highest BCUT2D eigenvalue weighted by Gasteiger charge is 2.09. The summed E-state index contributed by atoms with van der Waals surface area (Å²) >= 11 is 0. The lowest BCUT2D eigenvalue weighted by molar-refractivity contribution is -0.118. The largest absolute Gasteiger partial charge is 0.370 e. The van der Waals surface area contributed by atoms with Crippen LogP contribution in [0.2, 0.25) is 0 Å². The topological polar surface area (TPSA) is 72.9 Å². The van der Waals surface area contributed by atoms with Crippen LogP contribution in [0.5, 0.6) is 0 Å². The third kappa shape index (κ3) is 4.93. The molecule has 0 spiro atoms. The van der Waals surface area contributed by atoms with Gasteiger partial charge in [0.2, 0.25) is 5.91 Å². The minimum atomic E-state index is -0.265. The summed E-state index contributed by atoms with van der Waals surface area (Å²) in [5.74, 6) is -0.265. The van der Waals surface area contributed by atoms with E-state index in [0.29, 0.717) is 12.5 Å². The molecule has 1 aromatic heterocycles. The number of amides is 1. The van der Waals surface area contributed by atoms with Crippen LogP contribution in [0, 0.1) is 0 Å². The van der Waals surface area contributed by atoms with Crippen LogP contribution in [0.1, 0.15) is 26.7 Å². The molecule has 0 saturated heterocycles. The molecule has 0 aliphatic carbocycles. The predicted molar refractivity (Wildman–Crippen MR) is 62.7 cm³/mol.